The lowest BCUT2D eigenvalue weighted by Crippen LogP contribution is -2.49. The van der Waals surface area contributed by atoms with E-state index in [-0.39, 0.29) is 12.0 Å². The summed E-state index contributed by atoms with van der Waals surface area (Å²) in [5.41, 5.74) is 3.43. The summed E-state index contributed by atoms with van der Waals surface area (Å²) in [4.78, 5) is 34.8. The van der Waals surface area contributed by atoms with Crippen LogP contribution >= 0.6 is 11.3 Å². The Morgan fingerprint density at radius 2 is 1.59 bits per heavy atom. The van der Waals surface area contributed by atoms with E-state index >= 15 is 0 Å². The number of ether oxygens (including phenoxy) is 4. The molecule has 3 aromatic carbocycles. The summed E-state index contributed by atoms with van der Waals surface area (Å²) in [6.07, 6.45) is -0.254. The highest BCUT2D eigenvalue weighted by atomic mass is 32.1. The maximum atomic E-state index is 13.3. The van der Waals surface area contributed by atoms with Crippen LogP contribution in [0.1, 0.15) is 36.7 Å². The van der Waals surface area contributed by atoms with Crippen LogP contribution in [0.5, 0.6) is 17.2 Å². The summed E-state index contributed by atoms with van der Waals surface area (Å²) < 4.78 is 22.8. The second-order valence-electron chi connectivity index (χ2n) is 11.5. The number of aromatic nitrogens is 1. The van der Waals surface area contributed by atoms with Gasteiger partial charge in [-0.15, -0.1) is 11.3 Å². The highest BCUT2D eigenvalue weighted by molar-refractivity contribution is 7.21. The molecule has 0 unspecified atom stereocenters. The Kier molecular flexibility index (Phi) is 9.26. The van der Waals surface area contributed by atoms with Gasteiger partial charge in [0.05, 0.1) is 37.2 Å². The van der Waals surface area contributed by atoms with E-state index in [0.29, 0.717) is 41.6 Å². The number of carbonyl (C=O) groups is 2. The summed E-state index contributed by atoms with van der Waals surface area (Å²) in [6, 6.07) is 17.2. The third kappa shape index (κ3) is 7.06. The Labute approximate surface area is 261 Å². The topological polar surface area (TPSA) is 102 Å². The molecule has 0 spiro atoms. The van der Waals surface area contributed by atoms with Gasteiger partial charge in [-0.05, 0) is 62.7 Å². The molecular formula is C33H38N4O6S. The van der Waals surface area contributed by atoms with Gasteiger partial charge in [0.25, 0.3) is 5.91 Å². The van der Waals surface area contributed by atoms with Gasteiger partial charge in [-0.3, -0.25) is 9.69 Å². The predicted octanol–water partition coefficient (Wildman–Crippen LogP) is 6.29. The van der Waals surface area contributed by atoms with Crippen molar-refractivity contribution in [1.29, 1.82) is 0 Å². The van der Waals surface area contributed by atoms with Gasteiger partial charge in [0.2, 0.25) is 5.75 Å². The number of thiazole rings is 1. The van der Waals surface area contributed by atoms with Crippen molar-refractivity contribution < 1.29 is 28.5 Å². The lowest BCUT2D eigenvalue weighted by atomic mass is 10.1. The molecule has 0 atom stereocenters. The van der Waals surface area contributed by atoms with Gasteiger partial charge in [0.1, 0.15) is 10.6 Å². The minimum absolute atomic E-state index is 0.254. The molecule has 232 valence electrons. The molecule has 1 aromatic heterocycles. The van der Waals surface area contributed by atoms with Crippen LogP contribution in [0.15, 0.2) is 54.6 Å². The molecule has 1 saturated heterocycles. The third-order valence-electron chi connectivity index (χ3n) is 7.22. The Morgan fingerprint density at radius 1 is 0.909 bits per heavy atom. The van der Waals surface area contributed by atoms with Crippen molar-refractivity contribution in [1.82, 2.24) is 14.8 Å². The number of piperazine rings is 1. The lowest BCUT2D eigenvalue weighted by molar-refractivity contribution is 0.0139. The zero-order valence-corrected chi connectivity index (χ0v) is 26.7. The average Bonchev–Trinajstić information content (AvgIpc) is 3.43. The molecule has 2 heterocycles. The second-order valence-corrected chi connectivity index (χ2v) is 12.5. The standard InChI is InChI=1S/C33H38N4O6S/c1-33(2,3)43-32(39)37-15-13-36(14-16-37)20-21-11-12-25-28(17-21)44-31(35-25)23-9-7-8-10-24(23)34-30(38)22-18-26(40-4)29(42-6)27(19-22)41-5/h7-12,17-19H,13-16,20H2,1-6H3,(H,34,38). The molecule has 0 aliphatic carbocycles. The predicted molar refractivity (Wildman–Crippen MR) is 172 cm³/mol. The van der Waals surface area contributed by atoms with Gasteiger partial charge in [0, 0.05) is 43.9 Å². The highest BCUT2D eigenvalue weighted by Crippen LogP contribution is 2.39. The van der Waals surface area contributed by atoms with Crippen LogP contribution in [0, 0.1) is 0 Å². The summed E-state index contributed by atoms with van der Waals surface area (Å²) in [6.45, 7) is 9.28. The molecule has 4 aromatic rings. The van der Waals surface area contributed by atoms with Crippen LogP contribution in [0.25, 0.3) is 20.8 Å². The van der Waals surface area contributed by atoms with E-state index in [1.54, 1.807) is 28.4 Å². The molecule has 0 radical (unpaired) electrons. The molecule has 2 amide bonds. The fraction of sp³-hybridized carbons (Fsp3) is 0.364. The average molecular weight is 619 g/mol. The summed E-state index contributed by atoms with van der Waals surface area (Å²) in [5, 5.41) is 3.84. The van der Waals surface area contributed by atoms with E-state index in [0.717, 1.165) is 40.4 Å². The number of nitrogens with zero attached hydrogens (tertiary/aromatic N) is 3. The van der Waals surface area contributed by atoms with Crippen LogP contribution in [0.2, 0.25) is 0 Å². The van der Waals surface area contributed by atoms with Crippen LogP contribution in [-0.2, 0) is 11.3 Å². The number of para-hydroxylation sites is 1. The molecular weight excluding hydrogens is 580 g/mol. The minimum Gasteiger partial charge on any atom is -0.493 e. The molecule has 1 aliphatic heterocycles. The van der Waals surface area contributed by atoms with Gasteiger partial charge in [0.15, 0.2) is 11.5 Å². The number of nitrogens with one attached hydrogen (secondary N) is 1. The molecule has 1 aliphatic rings. The fourth-order valence-electron chi connectivity index (χ4n) is 5.04. The minimum atomic E-state index is -0.498. The Hall–Kier alpha value is -4.35. The number of anilines is 1. The summed E-state index contributed by atoms with van der Waals surface area (Å²) in [5.74, 6) is 0.907. The monoisotopic (exact) mass is 618 g/mol. The van der Waals surface area contributed by atoms with Crippen LogP contribution < -0.4 is 19.5 Å². The van der Waals surface area contributed by atoms with Crippen LogP contribution in [0.4, 0.5) is 10.5 Å². The van der Waals surface area contributed by atoms with Gasteiger partial charge in [-0.25, -0.2) is 9.78 Å². The van der Waals surface area contributed by atoms with Gasteiger partial charge in [-0.1, -0.05) is 18.2 Å². The number of benzene rings is 3. The highest BCUT2D eigenvalue weighted by Gasteiger charge is 2.26. The van der Waals surface area contributed by atoms with E-state index in [1.165, 1.54) is 26.9 Å². The molecule has 11 heteroatoms. The van der Waals surface area contributed by atoms with E-state index in [1.807, 2.05) is 51.1 Å². The van der Waals surface area contributed by atoms with Crippen molar-refractivity contribution >= 4 is 39.2 Å². The summed E-state index contributed by atoms with van der Waals surface area (Å²) in [7, 11) is 4.55. The van der Waals surface area contributed by atoms with Crippen molar-refractivity contribution in [2.45, 2.75) is 32.9 Å². The van der Waals surface area contributed by atoms with E-state index in [2.05, 4.69) is 22.3 Å². The second kappa shape index (κ2) is 13.1. The van der Waals surface area contributed by atoms with Crippen LogP contribution in [-0.4, -0.2) is 79.9 Å². The maximum Gasteiger partial charge on any atom is 0.410 e. The van der Waals surface area contributed by atoms with E-state index in [4.69, 9.17) is 23.9 Å². The Balaban J connectivity index is 1.30. The van der Waals surface area contributed by atoms with Crippen LogP contribution in [0.3, 0.4) is 0 Å². The number of hydrogen-bond donors (Lipinski definition) is 1. The molecule has 10 nitrogen and oxygen atoms in total. The number of carbonyl (C=O) groups excluding carboxylic acids is 2. The van der Waals surface area contributed by atoms with Gasteiger partial charge >= 0.3 is 6.09 Å². The maximum absolute atomic E-state index is 13.3. The van der Waals surface area contributed by atoms with Gasteiger partial charge in [-0.2, -0.15) is 0 Å². The number of amides is 2. The van der Waals surface area contributed by atoms with Crippen molar-refractivity contribution in [2.24, 2.45) is 0 Å². The first-order chi connectivity index (χ1) is 21.1. The molecule has 0 bridgehead atoms. The first-order valence-electron chi connectivity index (χ1n) is 14.4. The first-order valence-corrected chi connectivity index (χ1v) is 15.2. The zero-order valence-electron chi connectivity index (χ0n) is 25.9. The number of fused-ring (bicyclic) bond motifs is 1. The Bertz CT molecular complexity index is 1630. The largest absolute Gasteiger partial charge is 0.493 e. The molecule has 0 saturated carbocycles. The van der Waals surface area contributed by atoms with Crippen molar-refractivity contribution in [2.75, 3.05) is 52.8 Å². The molecule has 1 fully saturated rings. The quantitative estimate of drug-likeness (QED) is 0.246. The fourth-order valence-corrected chi connectivity index (χ4v) is 6.11. The third-order valence-corrected chi connectivity index (χ3v) is 8.27. The summed E-state index contributed by atoms with van der Waals surface area (Å²) >= 11 is 1.58. The molecule has 1 N–H and O–H groups in total. The number of rotatable bonds is 8. The number of hydrogen-bond acceptors (Lipinski definition) is 9. The van der Waals surface area contributed by atoms with E-state index < -0.39 is 5.60 Å². The first kappa shape index (κ1) is 31.1. The SMILES string of the molecule is COc1cc(C(=O)Nc2ccccc2-c2nc3ccc(CN4CCN(C(=O)OC(C)(C)C)CC4)cc3s2)cc(OC)c1OC. The lowest BCUT2D eigenvalue weighted by Gasteiger charge is -2.35. The molecule has 5 rings (SSSR count). The zero-order chi connectivity index (χ0) is 31.4. The number of methoxy groups -OCH3 is 3. The van der Waals surface area contributed by atoms with E-state index in [9.17, 15) is 9.59 Å². The molecule has 44 heavy (non-hydrogen) atoms. The van der Waals surface area contributed by atoms with Crippen molar-refractivity contribution in [3.8, 4) is 27.8 Å². The van der Waals surface area contributed by atoms with Crippen molar-refractivity contribution in [3.63, 3.8) is 0 Å². The smallest absolute Gasteiger partial charge is 0.410 e. The Morgan fingerprint density at radius 3 is 2.23 bits per heavy atom. The van der Waals surface area contributed by atoms with Gasteiger partial charge < -0.3 is 29.2 Å². The normalized spacial score (nSPS) is 13.9. The van der Waals surface area contributed by atoms with Crippen molar-refractivity contribution in [3.05, 3.63) is 65.7 Å².